The first-order valence-corrected chi connectivity index (χ1v) is 5.05. The number of aliphatic hydroxyl groups is 1. The van der Waals surface area contributed by atoms with E-state index < -0.39 is 0 Å². The maximum Gasteiger partial charge on any atom is 0.147 e. The molecule has 1 saturated carbocycles. The fourth-order valence-corrected chi connectivity index (χ4v) is 1.73. The molecule has 1 aliphatic rings. The highest BCUT2D eigenvalue weighted by atomic mass is 16.3. The van der Waals surface area contributed by atoms with Crippen molar-refractivity contribution < 1.29 is 5.11 Å². The maximum atomic E-state index is 8.98. The molecule has 0 aliphatic heterocycles. The van der Waals surface area contributed by atoms with Crippen molar-refractivity contribution in [2.45, 2.75) is 25.3 Å². The van der Waals surface area contributed by atoms with E-state index in [0.717, 1.165) is 5.82 Å². The first-order valence-electron chi connectivity index (χ1n) is 5.05. The van der Waals surface area contributed by atoms with E-state index in [2.05, 4.69) is 14.9 Å². The molecule has 1 fully saturated rings. The molecular weight excluding hydrogens is 178 g/mol. The molecule has 0 aromatic carbocycles. The first-order chi connectivity index (χ1) is 6.92. The number of anilines is 1. The van der Waals surface area contributed by atoms with Crippen LogP contribution in [0.15, 0.2) is 18.6 Å². The molecular formula is C10H15N3O. The summed E-state index contributed by atoms with van der Waals surface area (Å²) in [5, 5.41) is 8.98. The lowest BCUT2D eigenvalue weighted by atomic mass is 9.91. The summed E-state index contributed by atoms with van der Waals surface area (Å²) in [5.41, 5.74) is 0. The quantitative estimate of drug-likeness (QED) is 0.769. The van der Waals surface area contributed by atoms with Crippen LogP contribution in [0.2, 0.25) is 0 Å². The van der Waals surface area contributed by atoms with Gasteiger partial charge in [0.15, 0.2) is 0 Å². The highest BCUT2D eigenvalue weighted by molar-refractivity contribution is 5.37. The van der Waals surface area contributed by atoms with E-state index in [-0.39, 0.29) is 6.61 Å². The van der Waals surface area contributed by atoms with Crippen molar-refractivity contribution in [3.05, 3.63) is 18.6 Å². The first kappa shape index (κ1) is 9.40. The van der Waals surface area contributed by atoms with Gasteiger partial charge >= 0.3 is 0 Å². The lowest BCUT2D eigenvalue weighted by Gasteiger charge is -2.37. The standard InChI is InChI=1S/C10H15N3O/c14-7-6-13(9-2-1-3-9)10-8-11-4-5-12-10/h4-5,8-9,14H,1-3,6-7H2. The number of rotatable bonds is 4. The normalized spacial score (nSPS) is 16.4. The van der Waals surface area contributed by atoms with Crippen LogP contribution in [0.4, 0.5) is 5.82 Å². The lowest BCUT2D eigenvalue weighted by molar-refractivity contribution is 0.283. The third kappa shape index (κ3) is 1.85. The van der Waals surface area contributed by atoms with Gasteiger partial charge < -0.3 is 10.0 Å². The van der Waals surface area contributed by atoms with Gasteiger partial charge in [-0.3, -0.25) is 4.98 Å². The van der Waals surface area contributed by atoms with Crippen LogP contribution >= 0.6 is 0 Å². The van der Waals surface area contributed by atoms with E-state index in [1.165, 1.54) is 19.3 Å². The Hall–Kier alpha value is -1.16. The van der Waals surface area contributed by atoms with Crippen molar-refractivity contribution in [1.82, 2.24) is 9.97 Å². The Morgan fingerprint density at radius 2 is 2.29 bits per heavy atom. The Balaban J connectivity index is 2.09. The summed E-state index contributed by atoms with van der Waals surface area (Å²) >= 11 is 0. The minimum atomic E-state index is 0.174. The van der Waals surface area contributed by atoms with Crippen molar-refractivity contribution in [3.63, 3.8) is 0 Å². The zero-order chi connectivity index (χ0) is 9.80. The summed E-state index contributed by atoms with van der Waals surface area (Å²) < 4.78 is 0. The van der Waals surface area contributed by atoms with Crippen molar-refractivity contribution in [2.75, 3.05) is 18.1 Å². The molecule has 0 bridgehead atoms. The van der Waals surface area contributed by atoms with Crippen LogP contribution in [0.3, 0.4) is 0 Å². The number of hydrogen-bond donors (Lipinski definition) is 1. The van der Waals surface area contributed by atoms with E-state index >= 15 is 0 Å². The van der Waals surface area contributed by atoms with Gasteiger partial charge in [-0.2, -0.15) is 0 Å². The minimum absolute atomic E-state index is 0.174. The number of aliphatic hydroxyl groups excluding tert-OH is 1. The Kier molecular flexibility index (Phi) is 2.93. The van der Waals surface area contributed by atoms with Crippen molar-refractivity contribution in [2.24, 2.45) is 0 Å². The van der Waals surface area contributed by atoms with Crippen LogP contribution in [0.25, 0.3) is 0 Å². The van der Waals surface area contributed by atoms with Gasteiger partial charge in [0.05, 0.1) is 12.8 Å². The Morgan fingerprint density at radius 3 is 2.79 bits per heavy atom. The van der Waals surface area contributed by atoms with E-state index in [1.807, 2.05) is 0 Å². The zero-order valence-electron chi connectivity index (χ0n) is 8.13. The SMILES string of the molecule is OCCN(c1cnccn1)C1CCC1. The van der Waals surface area contributed by atoms with Gasteiger partial charge in [0.25, 0.3) is 0 Å². The van der Waals surface area contributed by atoms with Crippen LogP contribution in [0, 0.1) is 0 Å². The van der Waals surface area contributed by atoms with Crippen LogP contribution in [0.5, 0.6) is 0 Å². The molecule has 4 heteroatoms. The predicted molar refractivity (Wildman–Crippen MR) is 54.1 cm³/mol. The van der Waals surface area contributed by atoms with Crippen LogP contribution < -0.4 is 4.90 Å². The second-order valence-corrected chi connectivity index (χ2v) is 3.57. The lowest BCUT2D eigenvalue weighted by Crippen LogP contribution is -2.42. The van der Waals surface area contributed by atoms with Gasteiger partial charge in [-0.15, -0.1) is 0 Å². The Morgan fingerprint density at radius 1 is 1.43 bits per heavy atom. The van der Waals surface area contributed by atoms with Gasteiger partial charge in [-0.1, -0.05) is 0 Å². The van der Waals surface area contributed by atoms with Crippen molar-refractivity contribution in [3.8, 4) is 0 Å². The summed E-state index contributed by atoms with van der Waals surface area (Å²) in [6.07, 6.45) is 8.81. The summed E-state index contributed by atoms with van der Waals surface area (Å²) in [4.78, 5) is 10.4. The fourth-order valence-electron chi connectivity index (χ4n) is 1.73. The molecule has 14 heavy (non-hydrogen) atoms. The largest absolute Gasteiger partial charge is 0.395 e. The monoisotopic (exact) mass is 193 g/mol. The molecule has 4 nitrogen and oxygen atoms in total. The number of nitrogens with zero attached hydrogens (tertiary/aromatic N) is 3. The summed E-state index contributed by atoms with van der Waals surface area (Å²) in [6.45, 7) is 0.830. The third-order valence-corrected chi connectivity index (χ3v) is 2.70. The van der Waals surface area contributed by atoms with E-state index in [0.29, 0.717) is 12.6 Å². The van der Waals surface area contributed by atoms with E-state index in [4.69, 9.17) is 5.11 Å². The molecule has 76 valence electrons. The number of hydrogen-bond acceptors (Lipinski definition) is 4. The van der Waals surface area contributed by atoms with E-state index in [1.54, 1.807) is 18.6 Å². The number of aromatic nitrogens is 2. The average Bonchev–Trinajstić information content (AvgIpc) is 2.16. The molecule has 1 aliphatic carbocycles. The molecule has 0 spiro atoms. The molecule has 0 saturated heterocycles. The predicted octanol–water partition coefficient (Wildman–Crippen LogP) is 0.828. The third-order valence-electron chi connectivity index (χ3n) is 2.70. The highest BCUT2D eigenvalue weighted by Gasteiger charge is 2.25. The molecule has 0 radical (unpaired) electrons. The highest BCUT2D eigenvalue weighted by Crippen LogP contribution is 2.27. The average molecular weight is 193 g/mol. The van der Waals surface area contributed by atoms with Crippen molar-refractivity contribution in [1.29, 1.82) is 0 Å². The van der Waals surface area contributed by atoms with Gasteiger partial charge in [0, 0.05) is 25.0 Å². The second kappa shape index (κ2) is 4.37. The van der Waals surface area contributed by atoms with Crippen LogP contribution in [-0.4, -0.2) is 34.3 Å². The van der Waals surface area contributed by atoms with E-state index in [9.17, 15) is 0 Å². The van der Waals surface area contributed by atoms with Gasteiger partial charge in [0.1, 0.15) is 5.82 Å². The molecule has 2 rings (SSSR count). The van der Waals surface area contributed by atoms with Gasteiger partial charge in [-0.05, 0) is 19.3 Å². The van der Waals surface area contributed by atoms with Crippen LogP contribution in [0.1, 0.15) is 19.3 Å². The zero-order valence-corrected chi connectivity index (χ0v) is 8.13. The summed E-state index contributed by atoms with van der Waals surface area (Å²) in [5.74, 6) is 0.881. The molecule has 0 atom stereocenters. The summed E-state index contributed by atoms with van der Waals surface area (Å²) in [7, 11) is 0. The Bertz CT molecular complexity index is 274. The fraction of sp³-hybridized carbons (Fsp3) is 0.600. The van der Waals surface area contributed by atoms with Crippen molar-refractivity contribution >= 4 is 5.82 Å². The second-order valence-electron chi connectivity index (χ2n) is 3.57. The topological polar surface area (TPSA) is 49.2 Å². The van der Waals surface area contributed by atoms with Gasteiger partial charge in [-0.25, -0.2) is 4.98 Å². The molecule has 1 heterocycles. The summed E-state index contributed by atoms with van der Waals surface area (Å²) in [6, 6.07) is 0.554. The Labute approximate surface area is 83.6 Å². The molecule has 1 aromatic heterocycles. The molecule has 1 aromatic rings. The smallest absolute Gasteiger partial charge is 0.147 e. The molecule has 1 N–H and O–H groups in total. The molecule has 0 unspecified atom stereocenters. The maximum absolute atomic E-state index is 8.98. The minimum Gasteiger partial charge on any atom is -0.395 e. The molecule has 0 amide bonds. The van der Waals surface area contributed by atoms with Crippen LogP contribution in [-0.2, 0) is 0 Å². The van der Waals surface area contributed by atoms with Gasteiger partial charge in [0.2, 0.25) is 0 Å².